The van der Waals surface area contributed by atoms with Crippen molar-refractivity contribution < 1.29 is 28.7 Å². The highest BCUT2D eigenvalue weighted by molar-refractivity contribution is 6.13. The van der Waals surface area contributed by atoms with Crippen LogP contribution in [0.15, 0.2) is 71.2 Å². The first-order valence-electron chi connectivity index (χ1n) is 15.2. The summed E-state index contributed by atoms with van der Waals surface area (Å²) >= 11 is 0. The summed E-state index contributed by atoms with van der Waals surface area (Å²) in [5, 5.41) is 14.8. The molecule has 0 bridgehead atoms. The number of carboxylic acids is 1. The number of carboxylic acid groups (broad SMARTS) is 1. The van der Waals surface area contributed by atoms with Crippen molar-refractivity contribution in [2.75, 3.05) is 44.2 Å². The van der Waals surface area contributed by atoms with Crippen LogP contribution < -0.4 is 20.1 Å². The molecule has 1 aliphatic carbocycles. The van der Waals surface area contributed by atoms with Crippen LogP contribution in [0.4, 0.5) is 5.69 Å². The standard InChI is InChI=1S/C35H36N4O6/c1-5-37(6-2)23-10-13-26-29(20-23)45-30-21-24(38(7-3)8-4)11-14-27(30)33(26)25-12-9-22(19-28(25)35(43)44)34(42)36-17-18-39-31(40)15-16-32(39)41/h9-16,19-21H,5-8,17-18H2,1-4H3,(H-,36,42,43,44)/p+1. The van der Waals surface area contributed by atoms with Gasteiger partial charge in [0.05, 0.1) is 11.6 Å². The molecule has 10 heteroatoms. The van der Waals surface area contributed by atoms with Crippen LogP contribution in [0.3, 0.4) is 0 Å². The topological polar surface area (TPSA) is 123 Å². The Morgan fingerprint density at radius 1 is 0.889 bits per heavy atom. The second-order valence-electron chi connectivity index (χ2n) is 10.7. The predicted octanol–water partition coefficient (Wildman–Crippen LogP) is 4.22. The van der Waals surface area contributed by atoms with Crippen molar-refractivity contribution in [2.24, 2.45) is 0 Å². The van der Waals surface area contributed by atoms with E-state index in [4.69, 9.17) is 4.42 Å². The second-order valence-corrected chi connectivity index (χ2v) is 10.7. The molecule has 45 heavy (non-hydrogen) atoms. The van der Waals surface area contributed by atoms with Gasteiger partial charge in [-0.05, 0) is 63.6 Å². The van der Waals surface area contributed by atoms with Gasteiger partial charge in [-0.15, -0.1) is 0 Å². The van der Waals surface area contributed by atoms with Crippen molar-refractivity contribution >= 4 is 40.3 Å². The van der Waals surface area contributed by atoms with Gasteiger partial charge in [0.25, 0.3) is 17.7 Å². The number of anilines is 1. The van der Waals surface area contributed by atoms with Crippen LogP contribution in [0.2, 0.25) is 0 Å². The maximum Gasteiger partial charge on any atom is 0.336 e. The van der Waals surface area contributed by atoms with Crippen LogP contribution in [-0.2, 0) is 9.59 Å². The SMILES string of the molecule is CCN(CC)c1ccc2c(-c3ccc(C(=O)NCCN4C(=O)C=CC4=O)cc3C(=O)O)c3ccc(=[N+](CC)CC)cc-3oc2c1. The largest absolute Gasteiger partial charge is 0.478 e. The van der Waals surface area contributed by atoms with Crippen molar-refractivity contribution in [1.29, 1.82) is 0 Å². The third-order valence-corrected chi connectivity index (χ3v) is 8.25. The van der Waals surface area contributed by atoms with Crippen molar-refractivity contribution in [3.63, 3.8) is 0 Å². The fraction of sp³-hybridized carbons (Fsp3) is 0.286. The number of aromatic carboxylic acids is 1. The van der Waals surface area contributed by atoms with Crippen LogP contribution in [-0.4, -0.2) is 73.0 Å². The quantitative estimate of drug-likeness (QED) is 0.148. The van der Waals surface area contributed by atoms with E-state index in [1.54, 1.807) is 12.1 Å². The third-order valence-electron chi connectivity index (χ3n) is 8.25. The Labute approximate surface area is 261 Å². The van der Waals surface area contributed by atoms with Gasteiger partial charge < -0.3 is 19.7 Å². The highest BCUT2D eigenvalue weighted by Crippen LogP contribution is 2.42. The van der Waals surface area contributed by atoms with Crippen LogP contribution in [0.1, 0.15) is 48.4 Å². The summed E-state index contributed by atoms with van der Waals surface area (Å²) in [7, 11) is 0. The molecule has 2 aromatic rings. The number of hydrogen-bond donors (Lipinski definition) is 2. The maximum absolute atomic E-state index is 13.0. The van der Waals surface area contributed by atoms with E-state index >= 15 is 0 Å². The van der Waals surface area contributed by atoms with E-state index in [-0.39, 0.29) is 24.2 Å². The lowest BCUT2D eigenvalue weighted by Crippen LogP contribution is -2.38. The molecule has 0 atom stereocenters. The summed E-state index contributed by atoms with van der Waals surface area (Å²) in [4.78, 5) is 52.5. The maximum atomic E-state index is 13.0. The second kappa shape index (κ2) is 13.2. The van der Waals surface area contributed by atoms with Gasteiger partial charge in [-0.3, -0.25) is 19.3 Å². The van der Waals surface area contributed by atoms with Gasteiger partial charge in [-0.2, -0.15) is 0 Å². The number of rotatable bonds is 11. The lowest BCUT2D eigenvalue weighted by atomic mass is 9.89. The van der Waals surface area contributed by atoms with Gasteiger partial charge in [-0.1, -0.05) is 6.07 Å². The first-order chi connectivity index (χ1) is 21.7. The molecule has 0 fully saturated rings. The Kier molecular flexibility index (Phi) is 9.13. The smallest absolute Gasteiger partial charge is 0.336 e. The zero-order chi connectivity index (χ0) is 32.2. The lowest BCUT2D eigenvalue weighted by Gasteiger charge is -2.22. The summed E-state index contributed by atoms with van der Waals surface area (Å²) in [6.07, 6.45) is 2.36. The molecular formula is C35H37N4O6+. The van der Waals surface area contributed by atoms with Gasteiger partial charge in [0, 0.05) is 78.2 Å². The number of nitrogens with one attached hydrogen (secondary N) is 1. The molecule has 5 rings (SSSR count). The molecule has 2 heterocycles. The van der Waals surface area contributed by atoms with Crippen LogP contribution in [0.5, 0.6) is 0 Å². The Morgan fingerprint density at radius 3 is 2.22 bits per heavy atom. The highest BCUT2D eigenvalue weighted by atomic mass is 16.4. The van der Waals surface area contributed by atoms with Gasteiger partial charge in [0.15, 0.2) is 0 Å². The van der Waals surface area contributed by atoms with Gasteiger partial charge >= 0.3 is 5.97 Å². The molecule has 232 valence electrons. The highest BCUT2D eigenvalue weighted by Gasteiger charge is 2.25. The molecule has 2 N–H and O–H groups in total. The molecule has 0 saturated heterocycles. The average molecular weight is 610 g/mol. The summed E-state index contributed by atoms with van der Waals surface area (Å²) in [6, 6.07) is 16.5. The minimum atomic E-state index is -1.18. The number of amides is 3. The first-order valence-corrected chi connectivity index (χ1v) is 15.2. The summed E-state index contributed by atoms with van der Waals surface area (Å²) in [6.45, 7) is 11.7. The van der Waals surface area contributed by atoms with E-state index in [0.717, 1.165) is 53.1 Å². The zero-order valence-corrected chi connectivity index (χ0v) is 25.9. The van der Waals surface area contributed by atoms with E-state index in [2.05, 4.69) is 42.5 Å². The molecule has 0 aromatic heterocycles. The lowest BCUT2D eigenvalue weighted by molar-refractivity contribution is -0.136. The molecule has 10 nitrogen and oxygen atoms in total. The monoisotopic (exact) mass is 609 g/mol. The number of hydrogen-bond acceptors (Lipinski definition) is 6. The Morgan fingerprint density at radius 2 is 1.58 bits per heavy atom. The molecule has 3 aliphatic rings. The number of carbonyl (C=O) groups is 4. The third kappa shape index (κ3) is 6.08. The van der Waals surface area contributed by atoms with E-state index in [1.165, 1.54) is 18.2 Å². The normalized spacial score (nSPS) is 12.8. The fourth-order valence-electron chi connectivity index (χ4n) is 5.84. The number of fused-ring (bicyclic) bond motifs is 2. The molecular weight excluding hydrogens is 572 g/mol. The van der Waals surface area contributed by atoms with Gasteiger partial charge in [0.2, 0.25) is 5.36 Å². The predicted molar refractivity (Wildman–Crippen MR) is 173 cm³/mol. The summed E-state index contributed by atoms with van der Waals surface area (Å²) < 4.78 is 8.73. The Hall–Kier alpha value is -5.25. The number of nitrogens with zero attached hydrogens (tertiary/aromatic N) is 3. The van der Waals surface area contributed by atoms with E-state index in [0.29, 0.717) is 22.5 Å². The van der Waals surface area contributed by atoms with Crippen molar-refractivity contribution in [3.05, 3.63) is 83.2 Å². The molecule has 2 aromatic carbocycles. The minimum absolute atomic E-state index is 0.0106. The molecule has 0 radical (unpaired) electrons. The van der Waals surface area contributed by atoms with Gasteiger partial charge in [0.1, 0.15) is 24.4 Å². The van der Waals surface area contributed by atoms with Crippen LogP contribution in [0, 0.1) is 0 Å². The van der Waals surface area contributed by atoms with E-state index in [1.807, 2.05) is 36.4 Å². The Balaban J connectivity index is 1.62. The van der Waals surface area contributed by atoms with E-state index < -0.39 is 23.7 Å². The average Bonchev–Trinajstić information content (AvgIpc) is 3.36. The summed E-state index contributed by atoms with van der Waals surface area (Å²) in [5.74, 6) is -1.94. The molecule has 3 amide bonds. The number of carbonyl (C=O) groups excluding carboxylic acids is 3. The van der Waals surface area contributed by atoms with Crippen LogP contribution in [0.25, 0.3) is 33.4 Å². The van der Waals surface area contributed by atoms with Crippen molar-refractivity contribution in [3.8, 4) is 22.5 Å². The molecule has 2 aliphatic heterocycles. The first kappa shape index (κ1) is 31.2. The van der Waals surface area contributed by atoms with Crippen LogP contribution >= 0.6 is 0 Å². The minimum Gasteiger partial charge on any atom is -0.478 e. The van der Waals surface area contributed by atoms with E-state index in [9.17, 15) is 24.3 Å². The van der Waals surface area contributed by atoms with Gasteiger partial charge in [-0.25, -0.2) is 9.37 Å². The van der Waals surface area contributed by atoms with Crippen molar-refractivity contribution in [2.45, 2.75) is 27.7 Å². The van der Waals surface area contributed by atoms with Crippen molar-refractivity contribution in [1.82, 2.24) is 14.8 Å². The number of benzene rings is 3. The fourth-order valence-corrected chi connectivity index (χ4v) is 5.84. The summed E-state index contributed by atoms with van der Waals surface area (Å²) in [5.41, 5.74) is 3.64. The zero-order valence-electron chi connectivity index (χ0n) is 25.9. The Bertz CT molecular complexity index is 1860. The molecule has 0 saturated carbocycles. The molecule has 0 unspecified atom stereocenters. The number of imide groups is 1. The molecule has 0 spiro atoms.